The Morgan fingerprint density at radius 2 is 1.87 bits per heavy atom. The molecule has 2 saturated heterocycles. The first kappa shape index (κ1) is 19.0. The van der Waals surface area contributed by atoms with Crippen LogP contribution in [0.5, 0.6) is 0 Å². The molecule has 9 heteroatoms. The zero-order valence-electron chi connectivity index (χ0n) is 17.0. The third-order valence-corrected chi connectivity index (χ3v) is 6.47. The van der Waals surface area contributed by atoms with E-state index in [1.165, 1.54) is 17.9 Å². The summed E-state index contributed by atoms with van der Waals surface area (Å²) >= 11 is 0. The van der Waals surface area contributed by atoms with E-state index in [4.69, 9.17) is 10.2 Å². The number of carbonyl (C=O) groups excluding carboxylic acids is 1. The van der Waals surface area contributed by atoms with Crippen LogP contribution in [0.25, 0.3) is 11.0 Å². The predicted molar refractivity (Wildman–Crippen MR) is 111 cm³/mol. The number of amides is 1. The van der Waals surface area contributed by atoms with E-state index < -0.39 is 5.91 Å². The molecule has 0 bridgehead atoms. The lowest BCUT2D eigenvalue weighted by Crippen LogP contribution is -2.60. The topological polar surface area (TPSA) is 99.4 Å². The Kier molecular flexibility index (Phi) is 4.63. The molecule has 2 N–H and O–H groups in total. The van der Waals surface area contributed by atoms with Gasteiger partial charge in [-0.2, -0.15) is 0 Å². The van der Waals surface area contributed by atoms with Crippen molar-refractivity contribution in [1.29, 1.82) is 0 Å². The van der Waals surface area contributed by atoms with Crippen LogP contribution in [0.1, 0.15) is 29.0 Å². The molecular formula is C21H25N7O2. The zero-order valence-corrected chi connectivity index (χ0v) is 17.0. The van der Waals surface area contributed by atoms with Crippen molar-refractivity contribution in [2.75, 3.05) is 31.1 Å². The SMILES string of the molecule is Cn1c(CN2CC3(CCN(c4ncc(C(=O)NO)cn4)CC3)C2)nc2ccccc21. The van der Waals surface area contributed by atoms with Gasteiger partial charge in [0, 0.05) is 45.6 Å². The largest absolute Gasteiger partial charge is 0.341 e. The highest BCUT2D eigenvalue weighted by Gasteiger charge is 2.45. The van der Waals surface area contributed by atoms with Crippen molar-refractivity contribution in [2.45, 2.75) is 19.4 Å². The second-order valence-electron chi connectivity index (χ2n) is 8.42. The molecule has 0 unspecified atom stereocenters. The van der Waals surface area contributed by atoms with Crippen molar-refractivity contribution in [1.82, 2.24) is 29.9 Å². The van der Waals surface area contributed by atoms with E-state index in [0.717, 1.165) is 56.9 Å². The summed E-state index contributed by atoms with van der Waals surface area (Å²) in [6.45, 7) is 4.90. The maximum absolute atomic E-state index is 11.4. The lowest BCUT2D eigenvalue weighted by atomic mass is 9.72. The number of hydroxylamine groups is 1. The first-order chi connectivity index (χ1) is 14.6. The monoisotopic (exact) mass is 407 g/mol. The van der Waals surface area contributed by atoms with Gasteiger partial charge in [-0.3, -0.25) is 14.9 Å². The van der Waals surface area contributed by atoms with Crippen LogP contribution in [0, 0.1) is 5.41 Å². The van der Waals surface area contributed by atoms with Crippen LogP contribution in [0.2, 0.25) is 0 Å². The number of para-hydroxylation sites is 2. The summed E-state index contributed by atoms with van der Waals surface area (Å²) in [5.74, 6) is 1.15. The second-order valence-corrected chi connectivity index (χ2v) is 8.42. The third kappa shape index (κ3) is 3.29. The van der Waals surface area contributed by atoms with Gasteiger partial charge in [0.2, 0.25) is 5.95 Å². The van der Waals surface area contributed by atoms with E-state index in [9.17, 15) is 4.79 Å². The minimum atomic E-state index is -0.602. The molecule has 0 atom stereocenters. The Balaban J connectivity index is 1.17. The Morgan fingerprint density at radius 3 is 2.53 bits per heavy atom. The van der Waals surface area contributed by atoms with Gasteiger partial charge in [0.1, 0.15) is 5.82 Å². The van der Waals surface area contributed by atoms with E-state index in [1.807, 2.05) is 6.07 Å². The lowest BCUT2D eigenvalue weighted by Gasteiger charge is -2.54. The molecule has 2 fully saturated rings. The number of aromatic nitrogens is 4. The Morgan fingerprint density at radius 1 is 1.17 bits per heavy atom. The quantitative estimate of drug-likeness (QED) is 0.500. The smallest absolute Gasteiger partial charge is 0.277 e. The van der Waals surface area contributed by atoms with E-state index >= 15 is 0 Å². The average molecular weight is 407 g/mol. The molecule has 1 spiro atoms. The molecule has 5 rings (SSSR count). The standard InChI is InChI=1S/C21H25N7O2/c1-26-17-5-3-2-4-16(17)24-18(26)12-27-13-21(14-27)6-8-28(9-7-21)20-22-10-15(11-23-20)19(29)25-30/h2-5,10-11,30H,6-9,12-14H2,1H3,(H,25,29). The van der Waals surface area contributed by atoms with Crippen LogP contribution in [-0.4, -0.2) is 61.7 Å². The second kappa shape index (κ2) is 7.33. The zero-order chi connectivity index (χ0) is 20.7. The molecule has 1 amide bonds. The number of carbonyl (C=O) groups is 1. The third-order valence-electron chi connectivity index (χ3n) is 6.47. The number of hydrogen-bond donors (Lipinski definition) is 2. The molecule has 2 aromatic heterocycles. The van der Waals surface area contributed by atoms with Crippen LogP contribution in [0.4, 0.5) is 5.95 Å². The van der Waals surface area contributed by atoms with Gasteiger partial charge in [0.05, 0.1) is 23.1 Å². The Bertz CT molecular complexity index is 1060. The van der Waals surface area contributed by atoms with Crippen molar-refractivity contribution in [3.8, 4) is 0 Å². The van der Waals surface area contributed by atoms with Crippen molar-refractivity contribution < 1.29 is 10.0 Å². The van der Waals surface area contributed by atoms with Gasteiger partial charge in [0.15, 0.2) is 0 Å². The molecule has 0 saturated carbocycles. The summed E-state index contributed by atoms with van der Waals surface area (Å²) in [5, 5.41) is 8.69. The minimum absolute atomic E-state index is 0.242. The normalized spacial score (nSPS) is 18.5. The van der Waals surface area contributed by atoms with Crippen molar-refractivity contribution in [3.63, 3.8) is 0 Å². The summed E-state index contributed by atoms with van der Waals surface area (Å²) in [7, 11) is 2.09. The predicted octanol–water partition coefficient (Wildman–Crippen LogP) is 1.58. The van der Waals surface area contributed by atoms with Crippen LogP contribution in [-0.2, 0) is 13.6 Å². The van der Waals surface area contributed by atoms with Gasteiger partial charge < -0.3 is 9.47 Å². The molecule has 9 nitrogen and oxygen atoms in total. The van der Waals surface area contributed by atoms with Gasteiger partial charge in [-0.25, -0.2) is 20.4 Å². The number of benzene rings is 1. The number of hydrogen-bond acceptors (Lipinski definition) is 7. The first-order valence-electron chi connectivity index (χ1n) is 10.2. The highest BCUT2D eigenvalue weighted by molar-refractivity contribution is 5.92. The number of likely N-dealkylation sites (tertiary alicyclic amines) is 1. The van der Waals surface area contributed by atoms with Crippen molar-refractivity contribution >= 4 is 22.9 Å². The Labute approximate surface area is 174 Å². The summed E-state index contributed by atoms with van der Waals surface area (Å²) in [5.41, 5.74) is 4.45. The van der Waals surface area contributed by atoms with Gasteiger partial charge in [-0.15, -0.1) is 0 Å². The molecule has 30 heavy (non-hydrogen) atoms. The van der Waals surface area contributed by atoms with Crippen LogP contribution >= 0.6 is 0 Å². The molecule has 2 aliphatic heterocycles. The Hall–Kier alpha value is -3.04. The van der Waals surface area contributed by atoms with Crippen LogP contribution in [0.15, 0.2) is 36.7 Å². The maximum Gasteiger partial charge on any atom is 0.277 e. The van der Waals surface area contributed by atoms with Gasteiger partial charge in [0.25, 0.3) is 5.91 Å². The summed E-state index contributed by atoms with van der Waals surface area (Å²) in [6.07, 6.45) is 5.10. The summed E-state index contributed by atoms with van der Waals surface area (Å²) in [6, 6.07) is 8.27. The first-order valence-corrected chi connectivity index (χ1v) is 10.2. The number of nitrogens with one attached hydrogen (secondary N) is 1. The van der Waals surface area contributed by atoms with E-state index in [-0.39, 0.29) is 5.56 Å². The van der Waals surface area contributed by atoms with E-state index in [2.05, 4.69) is 49.6 Å². The fourth-order valence-electron chi connectivity index (χ4n) is 4.71. The molecule has 3 aromatic rings. The van der Waals surface area contributed by atoms with Crippen LogP contribution < -0.4 is 10.4 Å². The number of imidazole rings is 1. The van der Waals surface area contributed by atoms with Gasteiger partial charge >= 0.3 is 0 Å². The fourth-order valence-corrected chi connectivity index (χ4v) is 4.71. The van der Waals surface area contributed by atoms with Crippen molar-refractivity contribution in [3.05, 3.63) is 48.0 Å². The molecule has 4 heterocycles. The summed E-state index contributed by atoms with van der Waals surface area (Å²) < 4.78 is 2.20. The molecule has 2 aliphatic rings. The number of piperidine rings is 1. The molecule has 0 radical (unpaired) electrons. The summed E-state index contributed by atoms with van der Waals surface area (Å²) in [4.78, 5) is 29.4. The van der Waals surface area contributed by atoms with Gasteiger partial charge in [-0.05, 0) is 30.4 Å². The van der Waals surface area contributed by atoms with E-state index in [1.54, 1.807) is 5.48 Å². The average Bonchev–Trinajstić information content (AvgIpc) is 3.08. The number of aryl methyl sites for hydroxylation is 1. The van der Waals surface area contributed by atoms with E-state index in [0.29, 0.717) is 11.4 Å². The molecule has 156 valence electrons. The fraction of sp³-hybridized carbons (Fsp3) is 0.429. The highest BCUT2D eigenvalue weighted by Crippen LogP contribution is 2.41. The maximum atomic E-state index is 11.4. The minimum Gasteiger partial charge on any atom is -0.341 e. The molecule has 1 aromatic carbocycles. The molecule has 0 aliphatic carbocycles. The van der Waals surface area contributed by atoms with Gasteiger partial charge in [-0.1, -0.05) is 12.1 Å². The number of rotatable bonds is 4. The van der Waals surface area contributed by atoms with Crippen LogP contribution in [0.3, 0.4) is 0 Å². The number of nitrogens with zero attached hydrogens (tertiary/aromatic N) is 6. The number of anilines is 1. The molecular weight excluding hydrogens is 382 g/mol. The highest BCUT2D eigenvalue weighted by atomic mass is 16.5. The lowest BCUT2D eigenvalue weighted by molar-refractivity contribution is -0.0260. The van der Waals surface area contributed by atoms with Crippen molar-refractivity contribution in [2.24, 2.45) is 12.5 Å². The number of fused-ring (bicyclic) bond motifs is 1.